The maximum atomic E-state index is 11.8. The van der Waals surface area contributed by atoms with E-state index in [1.54, 1.807) is 18.2 Å². The van der Waals surface area contributed by atoms with Crippen LogP contribution in [0.1, 0.15) is 19.5 Å². The first-order chi connectivity index (χ1) is 8.06. The van der Waals surface area contributed by atoms with Gasteiger partial charge in [0.15, 0.2) is 0 Å². The summed E-state index contributed by atoms with van der Waals surface area (Å²) < 4.78 is 1.52. The molecule has 0 amide bonds. The number of nitrogens with two attached hydrogens (primary N) is 1. The van der Waals surface area contributed by atoms with Crippen LogP contribution in [0.3, 0.4) is 0 Å². The molecule has 17 heavy (non-hydrogen) atoms. The lowest BCUT2D eigenvalue weighted by atomic mass is 10.1. The molecule has 0 fully saturated rings. The van der Waals surface area contributed by atoms with Gasteiger partial charge in [-0.25, -0.2) is 4.68 Å². The number of hydrogen-bond donors (Lipinski definition) is 2. The Kier molecular flexibility index (Phi) is 3.04. The van der Waals surface area contributed by atoms with E-state index in [1.807, 2.05) is 12.1 Å². The van der Waals surface area contributed by atoms with Gasteiger partial charge < -0.3 is 5.73 Å². The summed E-state index contributed by atoms with van der Waals surface area (Å²) in [5.41, 5.74) is 8.02. The van der Waals surface area contributed by atoms with Crippen LogP contribution in [0.5, 0.6) is 0 Å². The average molecular weight is 231 g/mol. The van der Waals surface area contributed by atoms with Gasteiger partial charge in [0, 0.05) is 17.4 Å². The molecule has 0 saturated carbocycles. The van der Waals surface area contributed by atoms with Crippen LogP contribution in [-0.4, -0.2) is 9.78 Å². The topological polar surface area (TPSA) is 63.8 Å². The van der Waals surface area contributed by atoms with Crippen LogP contribution in [0.2, 0.25) is 0 Å². The molecule has 0 radical (unpaired) electrons. The summed E-state index contributed by atoms with van der Waals surface area (Å²) in [5, 5.41) is 3.10. The van der Waals surface area contributed by atoms with Crippen LogP contribution >= 0.6 is 0 Å². The molecule has 4 nitrogen and oxygen atoms in total. The predicted octanol–water partition coefficient (Wildman–Crippen LogP) is 1.95. The first-order valence-corrected chi connectivity index (χ1v) is 5.73. The Hall–Kier alpha value is -1.97. The molecular weight excluding hydrogens is 214 g/mol. The third kappa shape index (κ3) is 2.58. The van der Waals surface area contributed by atoms with Gasteiger partial charge in [-0.05, 0) is 30.5 Å². The molecular formula is C13H17N3O. The maximum absolute atomic E-state index is 11.8. The van der Waals surface area contributed by atoms with Crippen molar-refractivity contribution in [1.29, 1.82) is 0 Å². The number of benzene rings is 1. The molecule has 0 aliphatic heterocycles. The van der Waals surface area contributed by atoms with E-state index < -0.39 is 0 Å². The van der Waals surface area contributed by atoms with E-state index in [-0.39, 0.29) is 5.56 Å². The van der Waals surface area contributed by atoms with Crippen molar-refractivity contribution in [3.63, 3.8) is 0 Å². The molecule has 2 aromatic rings. The van der Waals surface area contributed by atoms with E-state index in [2.05, 4.69) is 18.9 Å². The van der Waals surface area contributed by atoms with Crippen molar-refractivity contribution in [2.75, 3.05) is 5.73 Å². The highest BCUT2D eigenvalue weighted by Crippen LogP contribution is 2.10. The molecule has 1 aromatic heterocycles. The quantitative estimate of drug-likeness (QED) is 0.793. The van der Waals surface area contributed by atoms with Crippen LogP contribution in [0, 0.1) is 5.92 Å². The highest BCUT2D eigenvalue weighted by molar-refractivity contribution is 5.47. The second kappa shape index (κ2) is 4.49. The van der Waals surface area contributed by atoms with E-state index in [1.165, 1.54) is 4.68 Å². The smallest absolute Gasteiger partial charge is 0.271 e. The summed E-state index contributed by atoms with van der Waals surface area (Å²) in [6.45, 7) is 4.24. The van der Waals surface area contributed by atoms with E-state index in [9.17, 15) is 4.79 Å². The number of anilines is 1. The fourth-order valence-corrected chi connectivity index (χ4v) is 1.84. The SMILES string of the molecule is CC(C)Cc1cc(=O)n(-c2cccc(N)c2)[nH]1. The molecule has 1 heterocycles. The summed E-state index contributed by atoms with van der Waals surface area (Å²) in [7, 11) is 0. The number of aromatic nitrogens is 2. The molecule has 0 aliphatic carbocycles. The molecule has 0 spiro atoms. The van der Waals surface area contributed by atoms with Gasteiger partial charge in [-0.15, -0.1) is 0 Å². The molecule has 0 saturated heterocycles. The number of hydrogen-bond acceptors (Lipinski definition) is 2. The number of aromatic amines is 1. The molecule has 0 bridgehead atoms. The van der Waals surface area contributed by atoms with Gasteiger partial charge in [0.2, 0.25) is 0 Å². The second-order valence-electron chi connectivity index (χ2n) is 4.65. The Morgan fingerprint density at radius 3 is 2.76 bits per heavy atom. The monoisotopic (exact) mass is 231 g/mol. The number of rotatable bonds is 3. The van der Waals surface area contributed by atoms with Crippen molar-refractivity contribution in [2.45, 2.75) is 20.3 Å². The molecule has 0 unspecified atom stereocenters. The van der Waals surface area contributed by atoms with Gasteiger partial charge in [0.05, 0.1) is 5.69 Å². The van der Waals surface area contributed by atoms with Crippen LogP contribution in [0.25, 0.3) is 5.69 Å². The van der Waals surface area contributed by atoms with Crippen molar-refractivity contribution >= 4 is 5.69 Å². The lowest BCUT2D eigenvalue weighted by Gasteiger charge is -2.04. The zero-order chi connectivity index (χ0) is 12.4. The van der Waals surface area contributed by atoms with Crippen molar-refractivity contribution < 1.29 is 0 Å². The third-order valence-corrected chi connectivity index (χ3v) is 2.53. The fraction of sp³-hybridized carbons (Fsp3) is 0.308. The number of nitrogens with one attached hydrogen (secondary N) is 1. The lowest BCUT2D eigenvalue weighted by molar-refractivity contribution is 0.628. The van der Waals surface area contributed by atoms with Crippen LogP contribution < -0.4 is 11.3 Å². The van der Waals surface area contributed by atoms with Gasteiger partial charge in [0.25, 0.3) is 5.56 Å². The Balaban J connectivity index is 2.39. The summed E-state index contributed by atoms with van der Waals surface area (Å²) in [4.78, 5) is 11.8. The largest absolute Gasteiger partial charge is 0.399 e. The molecule has 90 valence electrons. The summed E-state index contributed by atoms with van der Waals surface area (Å²) in [5.74, 6) is 0.516. The number of nitrogens with zero attached hydrogens (tertiary/aromatic N) is 1. The fourth-order valence-electron chi connectivity index (χ4n) is 1.84. The van der Waals surface area contributed by atoms with Gasteiger partial charge in [-0.1, -0.05) is 19.9 Å². The Morgan fingerprint density at radius 1 is 1.35 bits per heavy atom. The first kappa shape index (κ1) is 11.5. The molecule has 0 atom stereocenters. The Morgan fingerprint density at radius 2 is 2.12 bits per heavy atom. The highest BCUT2D eigenvalue weighted by Gasteiger charge is 2.06. The molecule has 2 rings (SSSR count). The molecule has 4 heteroatoms. The summed E-state index contributed by atoms with van der Waals surface area (Å²) >= 11 is 0. The maximum Gasteiger partial charge on any atom is 0.271 e. The van der Waals surface area contributed by atoms with E-state index >= 15 is 0 Å². The van der Waals surface area contributed by atoms with Crippen LogP contribution in [0.15, 0.2) is 35.1 Å². The second-order valence-corrected chi connectivity index (χ2v) is 4.65. The third-order valence-electron chi connectivity index (χ3n) is 2.53. The number of H-pyrrole nitrogens is 1. The van der Waals surface area contributed by atoms with Crippen LogP contribution in [-0.2, 0) is 6.42 Å². The summed E-state index contributed by atoms with van der Waals surface area (Å²) in [6.07, 6.45) is 0.866. The normalized spacial score (nSPS) is 11.0. The lowest BCUT2D eigenvalue weighted by Crippen LogP contribution is -2.13. The minimum absolute atomic E-state index is 0.0498. The van der Waals surface area contributed by atoms with Gasteiger partial charge in [-0.2, -0.15) is 0 Å². The minimum Gasteiger partial charge on any atom is -0.399 e. The van der Waals surface area contributed by atoms with Gasteiger partial charge in [0.1, 0.15) is 0 Å². The first-order valence-electron chi connectivity index (χ1n) is 5.73. The van der Waals surface area contributed by atoms with Crippen molar-refractivity contribution in [3.05, 3.63) is 46.4 Å². The molecule has 0 aliphatic rings. The van der Waals surface area contributed by atoms with Gasteiger partial charge >= 0.3 is 0 Å². The zero-order valence-electron chi connectivity index (χ0n) is 10.1. The molecule has 1 aromatic carbocycles. The van der Waals surface area contributed by atoms with Crippen molar-refractivity contribution in [2.24, 2.45) is 5.92 Å². The van der Waals surface area contributed by atoms with Gasteiger partial charge in [-0.3, -0.25) is 9.89 Å². The Bertz CT molecular complexity index is 566. The highest BCUT2D eigenvalue weighted by atomic mass is 16.1. The van der Waals surface area contributed by atoms with E-state index in [4.69, 9.17) is 5.73 Å². The molecule has 3 N–H and O–H groups in total. The number of nitrogen functional groups attached to an aromatic ring is 1. The minimum atomic E-state index is -0.0498. The van der Waals surface area contributed by atoms with Crippen molar-refractivity contribution in [3.8, 4) is 5.69 Å². The van der Waals surface area contributed by atoms with Crippen molar-refractivity contribution in [1.82, 2.24) is 9.78 Å². The average Bonchev–Trinajstić information content (AvgIpc) is 2.58. The van der Waals surface area contributed by atoms with E-state index in [0.29, 0.717) is 11.6 Å². The zero-order valence-corrected chi connectivity index (χ0v) is 10.1. The Labute approximate surface area is 100 Å². The summed E-state index contributed by atoms with van der Waals surface area (Å²) in [6, 6.07) is 8.90. The van der Waals surface area contributed by atoms with E-state index in [0.717, 1.165) is 17.8 Å². The predicted molar refractivity (Wildman–Crippen MR) is 69.3 cm³/mol. The van der Waals surface area contributed by atoms with Crippen LogP contribution in [0.4, 0.5) is 5.69 Å². The standard InChI is InChI=1S/C13H17N3O/c1-9(2)6-11-8-13(17)16(15-11)12-5-3-4-10(14)7-12/h3-5,7-9,15H,6,14H2,1-2H3.